The third kappa shape index (κ3) is 9.82. The van der Waals surface area contributed by atoms with E-state index in [1.54, 1.807) is 18.6 Å². The lowest BCUT2D eigenvalue weighted by Gasteiger charge is -2.41. The van der Waals surface area contributed by atoms with Crippen molar-refractivity contribution in [1.82, 2.24) is 19.9 Å². The third-order valence-electron chi connectivity index (χ3n) is 8.59. The standard InChI is InChI=1S/C36H43N7O4.CH4/c1-6-36(3,4)47-35(45)46-25-43(5)20-18-42(19-21-43)24-27-10-12-28(13-11-27)33(44)39-30-14-9-26(2)32(22-30)41-34-38-17-15-31(40-34)29-8-7-16-37-23-29;/h7-17,22-23H,6,18-21,24-25H2,1-5H3,(H-,38,39,40,41,44);1H4/p+1. The zero-order valence-electron chi connectivity index (χ0n) is 27.8. The molecule has 11 nitrogen and oxygen atoms in total. The minimum atomic E-state index is -0.611. The van der Waals surface area contributed by atoms with Crippen molar-refractivity contribution >= 4 is 29.4 Å². The molecule has 1 aliphatic rings. The maximum absolute atomic E-state index is 13.1. The van der Waals surface area contributed by atoms with Crippen molar-refractivity contribution in [1.29, 1.82) is 0 Å². The lowest BCUT2D eigenvalue weighted by Crippen LogP contribution is -2.58. The number of ether oxygens (including phenoxy) is 2. The topological polar surface area (TPSA) is 119 Å². The van der Waals surface area contributed by atoms with E-state index in [4.69, 9.17) is 9.47 Å². The van der Waals surface area contributed by atoms with Crippen LogP contribution < -0.4 is 10.6 Å². The highest BCUT2D eigenvalue weighted by atomic mass is 16.7. The van der Waals surface area contributed by atoms with E-state index in [1.807, 2.05) is 88.4 Å². The van der Waals surface area contributed by atoms with Crippen LogP contribution in [0.25, 0.3) is 11.3 Å². The van der Waals surface area contributed by atoms with Crippen LogP contribution in [0, 0.1) is 6.92 Å². The van der Waals surface area contributed by atoms with Gasteiger partial charge in [-0.15, -0.1) is 0 Å². The van der Waals surface area contributed by atoms with Crippen molar-refractivity contribution in [2.45, 2.75) is 53.7 Å². The number of carbonyl (C=O) groups is 2. The Morgan fingerprint density at radius 2 is 1.77 bits per heavy atom. The number of likely N-dealkylation sites (N-methyl/N-ethyl adjacent to an activating group) is 1. The summed E-state index contributed by atoms with van der Waals surface area (Å²) in [6.45, 7) is 12.3. The number of hydrogen-bond acceptors (Lipinski definition) is 9. The van der Waals surface area contributed by atoms with Crippen LogP contribution in [0.1, 0.15) is 56.1 Å². The molecule has 0 unspecified atom stereocenters. The summed E-state index contributed by atoms with van der Waals surface area (Å²) in [5.74, 6) is 0.267. The number of hydrogen-bond donors (Lipinski definition) is 2. The summed E-state index contributed by atoms with van der Waals surface area (Å²) in [4.78, 5) is 40.8. The predicted molar refractivity (Wildman–Crippen MR) is 189 cm³/mol. The average Bonchev–Trinajstić information content (AvgIpc) is 3.07. The van der Waals surface area contributed by atoms with Gasteiger partial charge in [0.25, 0.3) is 5.91 Å². The fourth-order valence-corrected chi connectivity index (χ4v) is 5.08. The number of carbonyl (C=O) groups excluding carboxylic acids is 2. The van der Waals surface area contributed by atoms with E-state index in [2.05, 4.69) is 37.5 Å². The normalized spacial score (nSPS) is 14.4. The lowest BCUT2D eigenvalue weighted by atomic mass is 10.1. The summed E-state index contributed by atoms with van der Waals surface area (Å²) in [5.41, 5.74) is 5.30. The van der Waals surface area contributed by atoms with Gasteiger partial charge >= 0.3 is 6.16 Å². The van der Waals surface area contributed by atoms with E-state index in [0.717, 1.165) is 67.2 Å². The molecule has 1 fully saturated rings. The second-order valence-corrected chi connectivity index (χ2v) is 12.9. The third-order valence-corrected chi connectivity index (χ3v) is 8.59. The molecule has 1 aliphatic heterocycles. The molecule has 4 aromatic rings. The molecule has 0 aliphatic carbocycles. The molecule has 0 saturated carbocycles. The predicted octanol–water partition coefficient (Wildman–Crippen LogP) is 7.04. The largest absolute Gasteiger partial charge is 0.513 e. The number of pyridine rings is 1. The monoisotopic (exact) mass is 654 g/mol. The molecule has 11 heteroatoms. The Morgan fingerprint density at radius 3 is 2.46 bits per heavy atom. The molecule has 2 N–H and O–H groups in total. The van der Waals surface area contributed by atoms with Crippen LogP contribution in [0.5, 0.6) is 0 Å². The van der Waals surface area contributed by atoms with E-state index in [9.17, 15) is 9.59 Å². The molecule has 254 valence electrons. The van der Waals surface area contributed by atoms with Crippen LogP contribution in [-0.4, -0.2) is 82.0 Å². The molecule has 0 radical (unpaired) electrons. The molecule has 5 rings (SSSR count). The van der Waals surface area contributed by atoms with Crippen LogP contribution in [0.15, 0.2) is 79.3 Å². The highest BCUT2D eigenvalue weighted by molar-refractivity contribution is 6.04. The average molecular weight is 655 g/mol. The first-order chi connectivity index (χ1) is 22.5. The second-order valence-electron chi connectivity index (χ2n) is 12.9. The van der Waals surface area contributed by atoms with Crippen LogP contribution >= 0.6 is 0 Å². The smallest absolute Gasteiger partial charge is 0.428 e. The van der Waals surface area contributed by atoms with Gasteiger partial charge in [0.15, 0.2) is 0 Å². The van der Waals surface area contributed by atoms with E-state index in [-0.39, 0.29) is 13.3 Å². The Labute approximate surface area is 283 Å². The highest BCUT2D eigenvalue weighted by Crippen LogP contribution is 2.25. The van der Waals surface area contributed by atoms with Crippen molar-refractivity contribution in [3.05, 3.63) is 95.9 Å². The van der Waals surface area contributed by atoms with Gasteiger partial charge in [-0.3, -0.25) is 19.2 Å². The summed E-state index contributed by atoms with van der Waals surface area (Å²) in [7, 11) is 2.10. The summed E-state index contributed by atoms with van der Waals surface area (Å²) in [6.07, 6.45) is 5.30. The maximum atomic E-state index is 13.1. The highest BCUT2D eigenvalue weighted by Gasteiger charge is 2.31. The van der Waals surface area contributed by atoms with Crippen LogP contribution in [0.2, 0.25) is 0 Å². The molecule has 3 heterocycles. The number of aromatic nitrogens is 3. The van der Waals surface area contributed by atoms with Gasteiger partial charge in [0.1, 0.15) is 5.60 Å². The van der Waals surface area contributed by atoms with Crippen molar-refractivity contribution in [2.75, 3.05) is 50.6 Å². The Balaban J connectivity index is 0.00000520. The second kappa shape index (κ2) is 15.8. The summed E-state index contributed by atoms with van der Waals surface area (Å²) in [5, 5.41) is 6.29. The first-order valence-electron chi connectivity index (χ1n) is 15.9. The van der Waals surface area contributed by atoms with Crippen LogP contribution in [0.3, 0.4) is 0 Å². The molecule has 2 aromatic carbocycles. The van der Waals surface area contributed by atoms with E-state index in [0.29, 0.717) is 28.4 Å². The first kappa shape index (κ1) is 36.0. The zero-order valence-corrected chi connectivity index (χ0v) is 27.8. The Bertz CT molecular complexity index is 1670. The molecule has 1 saturated heterocycles. The van der Waals surface area contributed by atoms with Crippen molar-refractivity contribution in [3.63, 3.8) is 0 Å². The molecule has 0 bridgehead atoms. The summed E-state index contributed by atoms with van der Waals surface area (Å²) >= 11 is 0. The molecule has 0 spiro atoms. The van der Waals surface area contributed by atoms with Crippen molar-refractivity contribution in [3.8, 4) is 11.3 Å². The van der Waals surface area contributed by atoms with Crippen molar-refractivity contribution in [2.24, 2.45) is 0 Å². The SMILES string of the molecule is C.CCC(C)(C)OC(=O)OC[N+]1(C)CCN(Cc2ccc(C(=O)Nc3ccc(C)c(Nc4nccc(-c5cccnc5)n4)c3)cc2)CC1. The number of piperazine rings is 1. The van der Waals surface area contributed by atoms with Gasteiger partial charge in [0.2, 0.25) is 12.7 Å². The Morgan fingerprint density at radius 1 is 1.02 bits per heavy atom. The quantitative estimate of drug-likeness (QED) is 0.130. The molecule has 2 aromatic heterocycles. The Kier molecular flexibility index (Phi) is 11.9. The Hall–Kier alpha value is -4.87. The van der Waals surface area contributed by atoms with Gasteiger partial charge in [-0.2, -0.15) is 0 Å². The number of quaternary nitrogens is 1. The zero-order chi connectivity index (χ0) is 33.4. The minimum Gasteiger partial charge on any atom is -0.428 e. The number of rotatable bonds is 11. The summed E-state index contributed by atoms with van der Waals surface area (Å²) < 4.78 is 11.5. The maximum Gasteiger partial charge on any atom is 0.513 e. The molecular formula is C37H48N7O4+. The van der Waals surface area contributed by atoms with Gasteiger partial charge in [-0.25, -0.2) is 14.8 Å². The number of anilines is 3. The van der Waals surface area contributed by atoms with E-state index in [1.165, 1.54) is 0 Å². The van der Waals surface area contributed by atoms with Gasteiger partial charge < -0.3 is 20.1 Å². The number of aryl methyl sites for hydroxylation is 1. The number of nitrogens with zero attached hydrogens (tertiary/aromatic N) is 5. The van der Waals surface area contributed by atoms with Crippen LogP contribution in [0.4, 0.5) is 22.1 Å². The number of amides is 1. The van der Waals surface area contributed by atoms with Crippen molar-refractivity contribution < 1.29 is 23.5 Å². The van der Waals surface area contributed by atoms with E-state index >= 15 is 0 Å². The molecular weight excluding hydrogens is 606 g/mol. The minimum absolute atomic E-state index is 0. The summed E-state index contributed by atoms with van der Waals surface area (Å²) in [6, 6.07) is 19.1. The van der Waals surface area contributed by atoms with Crippen LogP contribution in [-0.2, 0) is 16.0 Å². The molecule has 0 atom stereocenters. The van der Waals surface area contributed by atoms with E-state index < -0.39 is 11.8 Å². The van der Waals surface area contributed by atoms with Gasteiger partial charge in [-0.1, -0.05) is 32.5 Å². The number of nitrogens with one attached hydrogen (secondary N) is 2. The van der Waals surface area contributed by atoms with Gasteiger partial charge in [0.05, 0.1) is 25.8 Å². The van der Waals surface area contributed by atoms with Gasteiger partial charge in [-0.05, 0) is 80.8 Å². The molecule has 1 amide bonds. The number of benzene rings is 2. The van der Waals surface area contributed by atoms with Gasteiger partial charge in [0, 0.05) is 60.7 Å². The molecule has 48 heavy (non-hydrogen) atoms. The first-order valence-corrected chi connectivity index (χ1v) is 15.9. The fourth-order valence-electron chi connectivity index (χ4n) is 5.08. The lowest BCUT2D eigenvalue weighted by molar-refractivity contribution is -0.929. The fraction of sp³-hybridized carbons (Fsp3) is 0.378.